The van der Waals surface area contributed by atoms with Gasteiger partial charge in [0, 0.05) is 19.5 Å². The van der Waals surface area contributed by atoms with Crippen LogP contribution in [0.2, 0.25) is 39.3 Å². The fourth-order valence-electron chi connectivity index (χ4n) is 4.32. The summed E-state index contributed by atoms with van der Waals surface area (Å²) in [4.78, 5) is 9.28. The second-order valence-electron chi connectivity index (χ2n) is 11.9. The first-order valence-electron chi connectivity index (χ1n) is 13.3. The molecular formula is C32H34N2O2S2Si2Zn. The van der Waals surface area contributed by atoms with Gasteiger partial charge in [0.15, 0.2) is 0 Å². The fourth-order valence-corrected chi connectivity index (χ4v) is 8.63. The molecule has 0 radical (unpaired) electrons. The van der Waals surface area contributed by atoms with Crippen LogP contribution >= 0.6 is 22.7 Å². The molecule has 2 heterocycles. The Morgan fingerprint density at radius 3 is 1.24 bits per heavy atom. The Balaban J connectivity index is 0.000000184. The molecule has 0 amide bonds. The van der Waals surface area contributed by atoms with Crippen molar-refractivity contribution in [1.29, 1.82) is 0 Å². The number of rotatable bonds is 4. The smallest absolute Gasteiger partial charge is 0.128 e. The molecule has 9 heteroatoms. The summed E-state index contributed by atoms with van der Waals surface area (Å²) in [5.41, 5.74) is 3.69. The summed E-state index contributed by atoms with van der Waals surface area (Å²) < 4.78 is 2.31. The van der Waals surface area contributed by atoms with Gasteiger partial charge in [0.05, 0.1) is 47.7 Å². The van der Waals surface area contributed by atoms with E-state index < -0.39 is 16.1 Å². The molecule has 0 atom stereocenters. The SMILES string of the molecule is C[Si](C)(C)c1ccc(O)c(-c2nc3ccccc3s2)c1.C[Si](C)(C)c1ccc(O)c(-c2nc3ccccc3s2)c1.[Zn]. The zero-order chi connectivity index (χ0) is 28.7. The Kier molecular flexibility index (Phi) is 9.36. The molecule has 0 saturated heterocycles. The number of nitrogens with zero attached hydrogens (tertiary/aromatic N) is 2. The molecule has 2 N–H and O–H groups in total. The van der Waals surface area contributed by atoms with Gasteiger partial charge in [-0.3, -0.25) is 0 Å². The van der Waals surface area contributed by atoms with E-state index in [9.17, 15) is 10.2 Å². The molecule has 0 bridgehead atoms. The van der Waals surface area contributed by atoms with Crippen molar-refractivity contribution < 1.29 is 29.7 Å². The molecule has 0 fully saturated rings. The number of benzene rings is 4. The van der Waals surface area contributed by atoms with Crippen molar-refractivity contribution in [3.8, 4) is 32.6 Å². The van der Waals surface area contributed by atoms with Gasteiger partial charge in [-0.25, -0.2) is 9.97 Å². The Morgan fingerprint density at radius 2 is 0.902 bits per heavy atom. The molecule has 0 aliphatic carbocycles. The van der Waals surface area contributed by atoms with Crippen LogP contribution in [0.25, 0.3) is 41.6 Å². The molecule has 4 nitrogen and oxygen atoms in total. The van der Waals surface area contributed by atoms with Crippen LogP contribution in [0, 0.1) is 0 Å². The number of aromatic nitrogens is 2. The number of phenolic OH excluding ortho intramolecular Hbond substituents is 2. The van der Waals surface area contributed by atoms with Crippen molar-refractivity contribution in [3.63, 3.8) is 0 Å². The minimum absolute atomic E-state index is 0. The Labute approximate surface area is 264 Å². The van der Waals surface area contributed by atoms with Crippen LogP contribution in [0.4, 0.5) is 0 Å². The summed E-state index contributed by atoms with van der Waals surface area (Å²) in [6.07, 6.45) is 0. The van der Waals surface area contributed by atoms with Crippen molar-refractivity contribution in [2.45, 2.75) is 39.3 Å². The maximum Gasteiger partial charge on any atom is 0.128 e. The minimum Gasteiger partial charge on any atom is -0.507 e. The first-order chi connectivity index (χ1) is 18.9. The summed E-state index contributed by atoms with van der Waals surface area (Å²) in [7, 11) is -2.79. The Bertz CT molecular complexity index is 1620. The number of para-hydroxylation sites is 2. The summed E-state index contributed by atoms with van der Waals surface area (Å²) in [6, 6.07) is 28.1. The van der Waals surface area contributed by atoms with E-state index in [0.717, 1.165) is 41.6 Å². The van der Waals surface area contributed by atoms with Gasteiger partial charge < -0.3 is 10.2 Å². The molecule has 6 rings (SSSR count). The molecule has 0 unspecified atom stereocenters. The second kappa shape index (κ2) is 12.3. The van der Waals surface area contributed by atoms with Gasteiger partial charge in [0.2, 0.25) is 0 Å². The van der Waals surface area contributed by atoms with Crippen LogP contribution in [0.5, 0.6) is 11.5 Å². The van der Waals surface area contributed by atoms with E-state index in [-0.39, 0.29) is 19.5 Å². The van der Waals surface area contributed by atoms with Crippen molar-refractivity contribution in [2.75, 3.05) is 0 Å². The van der Waals surface area contributed by atoms with Crippen LogP contribution in [0.3, 0.4) is 0 Å². The zero-order valence-electron chi connectivity index (χ0n) is 24.4. The van der Waals surface area contributed by atoms with E-state index in [0.29, 0.717) is 11.5 Å². The molecule has 4 aromatic carbocycles. The van der Waals surface area contributed by atoms with E-state index >= 15 is 0 Å². The largest absolute Gasteiger partial charge is 0.507 e. The first-order valence-corrected chi connectivity index (χ1v) is 21.9. The molecule has 41 heavy (non-hydrogen) atoms. The van der Waals surface area contributed by atoms with Gasteiger partial charge in [-0.05, 0) is 48.5 Å². The normalized spacial score (nSPS) is 11.7. The molecule has 0 aliphatic rings. The molecule has 0 spiro atoms. The predicted molar refractivity (Wildman–Crippen MR) is 179 cm³/mol. The summed E-state index contributed by atoms with van der Waals surface area (Å²) >= 11 is 3.26. The molecule has 0 aliphatic heterocycles. The van der Waals surface area contributed by atoms with E-state index in [4.69, 9.17) is 0 Å². The summed E-state index contributed by atoms with van der Waals surface area (Å²) in [6.45, 7) is 13.8. The Hall–Kier alpha value is -2.68. The third kappa shape index (κ3) is 7.04. The van der Waals surface area contributed by atoms with Gasteiger partial charge in [-0.2, -0.15) is 0 Å². The number of fused-ring (bicyclic) bond motifs is 2. The molecule has 206 valence electrons. The molecule has 2 aromatic heterocycles. The van der Waals surface area contributed by atoms with E-state index in [1.165, 1.54) is 10.4 Å². The second-order valence-corrected chi connectivity index (χ2v) is 24.2. The van der Waals surface area contributed by atoms with Crippen LogP contribution in [-0.2, 0) is 19.5 Å². The van der Waals surface area contributed by atoms with Crippen molar-refractivity contribution in [1.82, 2.24) is 9.97 Å². The van der Waals surface area contributed by atoms with Gasteiger partial charge in [0.1, 0.15) is 21.5 Å². The third-order valence-electron chi connectivity index (χ3n) is 6.77. The number of phenols is 2. The van der Waals surface area contributed by atoms with Gasteiger partial charge in [-0.1, -0.05) is 86.1 Å². The van der Waals surface area contributed by atoms with Crippen LogP contribution in [0.1, 0.15) is 0 Å². The average Bonchev–Trinajstić information content (AvgIpc) is 3.52. The fraction of sp³-hybridized carbons (Fsp3) is 0.188. The number of hydrogen-bond acceptors (Lipinski definition) is 6. The number of hydrogen-bond donors (Lipinski definition) is 2. The number of aromatic hydroxyl groups is 2. The average molecular weight is 664 g/mol. The van der Waals surface area contributed by atoms with Crippen molar-refractivity contribution >= 4 is 69.6 Å². The van der Waals surface area contributed by atoms with Crippen LogP contribution < -0.4 is 10.4 Å². The van der Waals surface area contributed by atoms with E-state index in [2.05, 4.69) is 73.5 Å². The summed E-state index contributed by atoms with van der Waals surface area (Å²) in [5, 5.41) is 24.8. The quantitative estimate of drug-likeness (QED) is 0.186. The van der Waals surface area contributed by atoms with Crippen molar-refractivity contribution in [2.24, 2.45) is 0 Å². The summed E-state index contributed by atoms with van der Waals surface area (Å²) in [5.74, 6) is 0.622. The Morgan fingerprint density at radius 1 is 0.537 bits per heavy atom. The minimum atomic E-state index is -1.39. The van der Waals surface area contributed by atoms with Crippen LogP contribution in [0.15, 0.2) is 84.9 Å². The molecule has 0 saturated carbocycles. The monoisotopic (exact) mass is 662 g/mol. The van der Waals surface area contributed by atoms with Gasteiger partial charge >= 0.3 is 0 Å². The van der Waals surface area contributed by atoms with Crippen molar-refractivity contribution in [3.05, 3.63) is 84.9 Å². The van der Waals surface area contributed by atoms with Crippen LogP contribution in [-0.4, -0.2) is 36.3 Å². The maximum absolute atomic E-state index is 10.2. The third-order valence-corrected chi connectivity index (χ3v) is 13.0. The maximum atomic E-state index is 10.2. The molecule has 6 aromatic rings. The standard InChI is InChI=1S/2C16H17NOSSi.Zn/c2*1-20(2,3)11-8-9-14(18)12(10-11)16-17-13-6-4-5-7-15(13)19-16;/h2*4-10,18H,1-3H3;. The molecular weight excluding hydrogens is 630 g/mol. The predicted octanol–water partition coefficient (Wildman–Crippen LogP) is 8.43. The number of thiazole rings is 2. The first kappa shape index (κ1) is 31.3. The van der Waals surface area contributed by atoms with E-state index in [1.54, 1.807) is 34.8 Å². The topological polar surface area (TPSA) is 66.2 Å². The van der Waals surface area contributed by atoms with Gasteiger partial charge in [0.25, 0.3) is 0 Å². The van der Waals surface area contributed by atoms with E-state index in [1.807, 2.05) is 48.5 Å². The van der Waals surface area contributed by atoms with Gasteiger partial charge in [-0.15, -0.1) is 22.7 Å². The zero-order valence-corrected chi connectivity index (χ0v) is 31.0.